The van der Waals surface area contributed by atoms with Gasteiger partial charge in [-0.3, -0.25) is 9.69 Å². The Kier molecular flexibility index (Phi) is 5.03. The summed E-state index contributed by atoms with van der Waals surface area (Å²) < 4.78 is 5.29. The Labute approximate surface area is 159 Å². The molecule has 0 unspecified atom stereocenters. The smallest absolute Gasteiger partial charge is 0.253 e. The van der Waals surface area contributed by atoms with E-state index in [1.807, 2.05) is 60.4 Å². The Bertz CT molecular complexity index is 895. The second kappa shape index (κ2) is 7.76. The average Bonchev–Trinajstić information content (AvgIpc) is 3.13. The Morgan fingerprint density at radius 3 is 2.26 bits per heavy atom. The van der Waals surface area contributed by atoms with Gasteiger partial charge in [-0.25, -0.2) is 0 Å². The highest BCUT2D eigenvalue weighted by atomic mass is 16.5. The third-order valence-corrected chi connectivity index (χ3v) is 4.95. The molecular formula is C22H23N3O2. The maximum Gasteiger partial charge on any atom is 0.253 e. The van der Waals surface area contributed by atoms with Crippen LogP contribution < -0.4 is 0 Å². The van der Waals surface area contributed by atoms with Gasteiger partial charge in [-0.15, -0.1) is 0 Å². The molecule has 2 aromatic carbocycles. The van der Waals surface area contributed by atoms with Crippen molar-refractivity contribution in [2.45, 2.75) is 13.5 Å². The van der Waals surface area contributed by atoms with Crippen LogP contribution in [0.2, 0.25) is 0 Å². The lowest BCUT2D eigenvalue weighted by Crippen LogP contribution is -2.48. The van der Waals surface area contributed by atoms with Crippen LogP contribution in [0.25, 0.3) is 11.1 Å². The Hall–Kier alpha value is -2.92. The monoisotopic (exact) mass is 361 g/mol. The number of piperazine rings is 1. The van der Waals surface area contributed by atoms with E-state index in [0.29, 0.717) is 0 Å². The van der Waals surface area contributed by atoms with E-state index in [9.17, 15) is 4.79 Å². The lowest BCUT2D eigenvalue weighted by Gasteiger charge is -2.34. The first-order chi connectivity index (χ1) is 13.2. The van der Waals surface area contributed by atoms with E-state index in [-0.39, 0.29) is 5.91 Å². The number of aromatic nitrogens is 1. The molecule has 27 heavy (non-hydrogen) atoms. The highest BCUT2D eigenvalue weighted by Crippen LogP contribution is 2.20. The van der Waals surface area contributed by atoms with Gasteiger partial charge in [0.15, 0.2) is 5.76 Å². The number of amides is 1. The second-order valence-corrected chi connectivity index (χ2v) is 6.95. The summed E-state index contributed by atoms with van der Waals surface area (Å²) in [5.74, 6) is 0.980. The highest BCUT2D eigenvalue weighted by Gasteiger charge is 2.22. The Morgan fingerprint density at radius 1 is 0.963 bits per heavy atom. The van der Waals surface area contributed by atoms with E-state index in [4.69, 9.17) is 4.52 Å². The fourth-order valence-electron chi connectivity index (χ4n) is 3.44. The van der Waals surface area contributed by atoms with E-state index in [1.54, 1.807) is 0 Å². The van der Waals surface area contributed by atoms with Gasteiger partial charge in [0, 0.05) is 37.8 Å². The third-order valence-electron chi connectivity index (χ3n) is 4.95. The molecule has 0 N–H and O–H groups in total. The number of carbonyl (C=O) groups excluding carboxylic acids is 1. The van der Waals surface area contributed by atoms with E-state index >= 15 is 0 Å². The van der Waals surface area contributed by atoms with Crippen molar-refractivity contribution >= 4 is 5.91 Å². The van der Waals surface area contributed by atoms with Gasteiger partial charge < -0.3 is 9.42 Å². The first kappa shape index (κ1) is 17.5. The molecule has 0 atom stereocenters. The number of hydrogen-bond acceptors (Lipinski definition) is 4. The summed E-state index contributed by atoms with van der Waals surface area (Å²) in [4.78, 5) is 17.0. The van der Waals surface area contributed by atoms with Crippen LogP contribution in [0, 0.1) is 6.92 Å². The fraction of sp³-hybridized carbons (Fsp3) is 0.273. The van der Waals surface area contributed by atoms with Gasteiger partial charge in [-0.05, 0) is 30.2 Å². The average molecular weight is 361 g/mol. The third kappa shape index (κ3) is 4.09. The standard InChI is InChI=1S/C22H23N3O2/c1-17-15-21(27-23-17)16-24-11-13-25(14-12-24)22(26)20-9-7-19(8-10-20)18-5-3-2-4-6-18/h2-10,15H,11-14,16H2,1H3. The van der Waals surface area contributed by atoms with E-state index in [0.717, 1.165) is 60.9 Å². The minimum atomic E-state index is 0.102. The van der Waals surface area contributed by atoms with Crippen molar-refractivity contribution in [1.82, 2.24) is 15.0 Å². The van der Waals surface area contributed by atoms with Crippen molar-refractivity contribution in [3.63, 3.8) is 0 Å². The molecule has 1 aliphatic heterocycles. The summed E-state index contributed by atoms with van der Waals surface area (Å²) in [7, 11) is 0. The second-order valence-electron chi connectivity index (χ2n) is 6.95. The number of carbonyl (C=O) groups is 1. The maximum atomic E-state index is 12.8. The van der Waals surface area contributed by atoms with Gasteiger partial charge in [-0.2, -0.15) is 0 Å². The maximum absolute atomic E-state index is 12.8. The fourth-order valence-corrected chi connectivity index (χ4v) is 3.44. The summed E-state index contributed by atoms with van der Waals surface area (Å²) >= 11 is 0. The predicted molar refractivity (Wildman–Crippen MR) is 104 cm³/mol. The normalized spacial score (nSPS) is 15.1. The zero-order valence-corrected chi connectivity index (χ0v) is 15.5. The lowest BCUT2D eigenvalue weighted by atomic mass is 10.0. The van der Waals surface area contributed by atoms with Gasteiger partial charge in [0.2, 0.25) is 0 Å². The molecular weight excluding hydrogens is 338 g/mol. The van der Waals surface area contributed by atoms with Crippen LogP contribution >= 0.6 is 0 Å². The quantitative estimate of drug-likeness (QED) is 0.712. The predicted octanol–water partition coefficient (Wildman–Crippen LogP) is 3.61. The SMILES string of the molecule is Cc1cc(CN2CCN(C(=O)c3ccc(-c4ccccc4)cc3)CC2)on1. The number of aryl methyl sites for hydroxylation is 1. The zero-order chi connectivity index (χ0) is 18.6. The molecule has 1 fully saturated rings. The molecule has 0 radical (unpaired) electrons. The number of rotatable bonds is 4. The molecule has 1 amide bonds. The molecule has 5 nitrogen and oxygen atoms in total. The largest absolute Gasteiger partial charge is 0.360 e. The van der Waals surface area contributed by atoms with Gasteiger partial charge in [-0.1, -0.05) is 47.6 Å². The van der Waals surface area contributed by atoms with Crippen molar-refractivity contribution in [2.75, 3.05) is 26.2 Å². The van der Waals surface area contributed by atoms with Gasteiger partial charge in [0.25, 0.3) is 5.91 Å². The van der Waals surface area contributed by atoms with Crippen LogP contribution in [0.5, 0.6) is 0 Å². The first-order valence-electron chi connectivity index (χ1n) is 9.28. The van der Waals surface area contributed by atoms with Crippen molar-refractivity contribution in [2.24, 2.45) is 0 Å². The molecule has 1 aliphatic rings. The summed E-state index contributed by atoms with van der Waals surface area (Å²) in [5.41, 5.74) is 3.93. The molecule has 1 aromatic heterocycles. The van der Waals surface area contributed by atoms with Crippen molar-refractivity contribution in [1.29, 1.82) is 0 Å². The summed E-state index contributed by atoms with van der Waals surface area (Å²) in [6, 6.07) is 20.1. The number of benzene rings is 2. The molecule has 3 aromatic rings. The Morgan fingerprint density at radius 2 is 1.63 bits per heavy atom. The van der Waals surface area contributed by atoms with Crippen LogP contribution in [-0.4, -0.2) is 47.0 Å². The van der Waals surface area contributed by atoms with Gasteiger partial charge in [0.05, 0.1) is 12.2 Å². The van der Waals surface area contributed by atoms with Crippen LogP contribution in [-0.2, 0) is 6.54 Å². The molecule has 0 spiro atoms. The summed E-state index contributed by atoms with van der Waals surface area (Å²) in [5, 5.41) is 3.93. The summed E-state index contributed by atoms with van der Waals surface area (Å²) in [6.45, 7) is 5.81. The first-order valence-corrected chi connectivity index (χ1v) is 9.28. The van der Waals surface area contributed by atoms with Crippen molar-refractivity contribution in [3.05, 3.63) is 77.7 Å². The molecule has 0 aliphatic carbocycles. The topological polar surface area (TPSA) is 49.6 Å². The zero-order valence-electron chi connectivity index (χ0n) is 15.5. The molecule has 0 bridgehead atoms. The molecule has 1 saturated heterocycles. The number of nitrogens with zero attached hydrogens (tertiary/aromatic N) is 3. The Balaban J connectivity index is 1.35. The lowest BCUT2D eigenvalue weighted by molar-refractivity contribution is 0.0617. The molecule has 0 saturated carbocycles. The highest BCUT2D eigenvalue weighted by molar-refractivity contribution is 5.94. The minimum absolute atomic E-state index is 0.102. The molecule has 5 heteroatoms. The minimum Gasteiger partial charge on any atom is -0.360 e. The van der Waals surface area contributed by atoms with Crippen LogP contribution in [0.15, 0.2) is 65.2 Å². The van der Waals surface area contributed by atoms with Crippen LogP contribution in [0.3, 0.4) is 0 Å². The van der Waals surface area contributed by atoms with Crippen molar-refractivity contribution in [3.8, 4) is 11.1 Å². The van der Waals surface area contributed by atoms with E-state index < -0.39 is 0 Å². The van der Waals surface area contributed by atoms with E-state index in [1.165, 1.54) is 0 Å². The number of hydrogen-bond donors (Lipinski definition) is 0. The van der Waals surface area contributed by atoms with Crippen LogP contribution in [0.4, 0.5) is 0 Å². The van der Waals surface area contributed by atoms with E-state index in [2.05, 4.69) is 22.2 Å². The molecule has 4 rings (SSSR count). The molecule has 138 valence electrons. The molecule has 2 heterocycles. The van der Waals surface area contributed by atoms with Gasteiger partial charge >= 0.3 is 0 Å². The van der Waals surface area contributed by atoms with Crippen molar-refractivity contribution < 1.29 is 9.32 Å². The van der Waals surface area contributed by atoms with Gasteiger partial charge in [0.1, 0.15) is 0 Å². The summed E-state index contributed by atoms with van der Waals surface area (Å²) in [6.07, 6.45) is 0. The van der Waals surface area contributed by atoms with Crippen LogP contribution in [0.1, 0.15) is 21.8 Å².